The van der Waals surface area contributed by atoms with Gasteiger partial charge in [-0.25, -0.2) is 0 Å². The summed E-state index contributed by atoms with van der Waals surface area (Å²) < 4.78 is 2.17. The fourth-order valence-electron chi connectivity index (χ4n) is 5.97. The molecule has 1 aromatic rings. The van der Waals surface area contributed by atoms with Crippen molar-refractivity contribution < 1.29 is 10.2 Å². The molecule has 4 N–H and O–H groups in total. The highest BCUT2D eigenvalue weighted by Crippen LogP contribution is 2.46. The molecule has 29 heavy (non-hydrogen) atoms. The summed E-state index contributed by atoms with van der Waals surface area (Å²) in [7, 11) is 4.22. The van der Waals surface area contributed by atoms with Gasteiger partial charge in [0.1, 0.15) is 5.76 Å². The van der Waals surface area contributed by atoms with Crippen LogP contribution >= 0.6 is 0 Å². The molecule has 0 radical (unpaired) electrons. The van der Waals surface area contributed by atoms with Crippen LogP contribution in [0.1, 0.15) is 24.0 Å². The third-order valence-electron chi connectivity index (χ3n) is 7.31. The summed E-state index contributed by atoms with van der Waals surface area (Å²) in [6.07, 6.45) is 19.0. The van der Waals surface area contributed by atoms with Crippen LogP contribution in [0.25, 0.3) is 18.2 Å². The number of aliphatic hydroxyl groups excluding tert-OH is 2. The smallest absolute Gasteiger partial charge is 0.111 e. The lowest BCUT2D eigenvalue weighted by molar-refractivity contribution is 0.239. The number of nitrogens with two attached hydrogens (primary N) is 1. The number of likely N-dealkylation sites (tertiary alicyclic amines) is 1. The van der Waals surface area contributed by atoms with Gasteiger partial charge < -0.3 is 20.5 Å². The van der Waals surface area contributed by atoms with E-state index in [9.17, 15) is 10.2 Å². The van der Waals surface area contributed by atoms with Crippen LogP contribution in [0, 0.1) is 11.8 Å². The molecule has 0 amide bonds. The SMILES string of the molecule is CN1C2C=CC(O)=CC2C2CCC(N)C21.Cn1c2c(c3c1=CC=C(O)C3)C=CC=2. The van der Waals surface area contributed by atoms with Crippen molar-refractivity contribution >= 4 is 18.2 Å². The highest BCUT2D eigenvalue weighted by atomic mass is 16.3. The fraction of sp³-hybridized carbons (Fsp3) is 0.417. The van der Waals surface area contributed by atoms with Gasteiger partial charge in [0.05, 0.1) is 5.76 Å². The summed E-state index contributed by atoms with van der Waals surface area (Å²) in [6.45, 7) is 0. The molecule has 1 aromatic heterocycles. The summed E-state index contributed by atoms with van der Waals surface area (Å²) in [5, 5.41) is 21.5. The van der Waals surface area contributed by atoms with E-state index in [0.717, 1.165) is 6.42 Å². The minimum Gasteiger partial charge on any atom is -0.512 e. The molecule has 2 heterocycles. The van der Waals surface area contributed by atoms with Crippen molar-refractivity contribution in [2.45, 2.75) is 37.4 Å². The van der Waals surface area contributed by atoms with Crippen molar-refractivity contribution in [3.8, 4) is 0 Å². The van der Waals surface area contributed by atoms with Crippen molar-refractivity contribution in [1.82, 2.24) is 9.47 Å². The Morgan fingerprint density at radius 3 is 2.69 bits per heavy atom. The number of hydrogen-bond donors (Lipinski definition) is 3. The van der Waals surface area contributed by atoms with E-state index in [1.807, 2.05) is 18.2 Å². The van der Waals surface area contributed by atoms with Gasteiger partial charge >= 0.3 is 0 Å². The highest BCUT2D eigenvalue weighted by molar-refractivity contribution is 5.70. The van der Waals surface area contributed by atoms with Gasteiger partial charge in [0.2, 0.25) is 0 Å². The van der Waals surface area contributed by atoms with Crippen LogP contribution in [0.2, 0.25) is 0 Å². The standard InChI is InChI=1S/C12H18N2O.C12H11NO/c1-14-11-5-2-7(15)6-9(11)8-3-4-10(13)12(8)14;1-13-11-4-2-3-9(11)10-7-8(14)5-6-12(10)13/h2,5-6,8-12,15H,3-4,13H2,1H3;2-6,14H,7H2,1H3. The number of aromatic nitrogens is 1. The maximum absolute atomic E-state index is 9.55. The first-order valence-corrected chi connectivity index (χ1v) is 10.5. The van der Waals surface area contributed by atoms with E-state index >= 15 is 0 Å². The zero-order valence-electron chi connectivity index (χ0n) is 17.0. The fourth-order valence-corrected chi connectivity index (χ4v) is 5.97. The van der Waals surface area contributed by atoms with Crippen molar-refractivity contribution in [3.63, 3.8) is 0 Å². The molecular formula is C24H29N3O2. The Kier molecular flexibility index (Phi) is 4.33. The lowest BCUT2D eigenvalue weighted by Gasteiger charge is -2.27. The Morgan fingerprint density at radius 1 is 1.03 bits per heavy atom. The zero-order chi connectivity index (χ0) is 20.3. The Balaban J connectivity index is 0.000000125. The topological polar surface area (TPSA) is 74.6 Å². The average Bonchev–Trinajstić information content (AvgIpc) is 3.43. The van der Waals surface area contributed by atoms with Gasteiger partial charge in [0.15, 0.2) is 0 Å². The molecule has 0 spiro atoms. The number of fused-ring (bicyclic) bond motifs is 6. The van der Waals surface area contributed by atoms with Crippen LogP contribution in [0.5, 0.6) is 0 Å². The van der Waals surface area contributed by atoms with E-state index in [0.29, 0.717) is 47.9 Å². The summed E-state index contributed by atoms with van der Waals surface area (Å²) in [4.78, 5) is 2.40. The van der Waals surface area contributed by atoms with E-state index in [-0.39, 0.29) is 0 Å². The minimum atomic E-state index is 0.314. The predicted molar refractivity (Wildman–Crippen MR) is 116 cm³/mol. The summed E-state index contributed by atoms with van der Waals surface area (Å²) in [6, 6.07) is 1.27. The third-order valence-corrected chi connectivity index (χ3v) is 7.31. The first-order chi connectivity index (χ1) is 14.0. The molecule has 5 heteroatoms. The molecule has 2 fully saturated rings. The van der Waals surface area contributed by atoms with Gasteiger partial charge in [-0.3, -0.25) is 4.90 Å². The summed E-state index contributed by atoms with van der Waals surface area (Å²) >= 11 is 0. The van der Waals surface area contributed by atoms with E-state index < -0.39 is 0 Å². The lowest BCUT2D eigenvalue weighted by Crippen LogP contribution is -2.43. The highest BCUT2D eigenvalue weighted by Gasteiger charge is 2.51. The quantitative estimate of drug-likeness (QED) is 0.629. The van der Waals surface area contributed by atoms with Crippen LogP contribution in [0.15, 0.2) is 41.9 Å². The first kappa shape index (κ1) is 18.5. The summed E-state index contributed by atoms with van der Waals surface area (Å²) in [5.41, 5.74) is 8.66. The Hall–Kier alpha value is -2.50. The lowest BCUT2D eigenvalue weighted by atomic mass is 9.85. The molecule has 1 aliphatic heterocycles. The van der Waals surface area contributed by atoms with E-state index in [1.165, 1.54) is 28.2 Å². The van der Waals surface area contributed by atoms with Gasteiger partial charge in [-0.2, -0.15) is 0 Å². The number of nitrogens with zero attached hydrogens (tertiary/aromatic N) is 2. The predicted octanol–water partition coefficient (Wildman–Crippen LogP) is 1.65. The first-order valence-electron chi connectivity index (χ1n) is 10.5. The normalized spacial score (nSPS) is 33.4. The molecule has 0 aromatic carbocycles. The molecule has 152 valence electrons. The van der Waals surface area contributed by atoms with Crippen LogP contribution in [-0.4, -0.2) is 44.9 Å². The number of hydrogen-bond acceptors (Lipinski definition) is 4. The van der Waals surface area contributed by atoms with Gasteiger partial charge in [-0.15, -0.1) is 0 Å². The maximum Gasteiger partial charge on any atom is 0.111 e. The third kappa shape index (κ3) is 2.83. The zero-order valence-corrected chi connectivity index (χ0v) is 17.0. The van der Waals surface area contributed by atoms with Crippen LogP contribution in [-0.2, 0) is 13.5 Å². The van der Waals surface area contributed by atoms with E-state index in [1.54, 1.807) is 6.08 Å². The Labute approximate surface area is 171 Å². The summed E-state index contributed by atoms with van der Waals surface area (Å²) in [5.74, 6) is 1.98. The van der Waals surface area contributed by atoms with Crippen LogP contribution < -0.4 is 16.4 Å². The Morgan fingerprint density at radius 2 is 1.86 bits per heavy atom. The molecule has 5 unspecified atom stereocenters. The van der Waals surface area contributed by atoms with Crippen molar-refractivity contribution in [2.24, 2.45) is 24.6 Å². The molecular weight excluding hydrogens is 362 g/mol. The molecule has 6 rings (SSSR count). The second-order valence-electron chi connectivity index (χ2n) is 8.83. The molecule has 1 saturated carbocycles. The van der Waals surface area contributed by atoms with Gasteiger partial charge in [0.25, 0.3) is 0 Å². The van der Waals surface area contributed by atoms with Gasteiger partial charge in [-0.1, -0.05) is 18.2 Å². The number of allylic oxidation sites excluding steroid dienone is 4. The van der Waals surface area contributed by atoms with Gasteiger partial charge in [0, 0.05) is 53.8 Å². The molecule has 5 atom stereocenters. The molecule has 0 bridgehead atoms. The van der Waals surface area contributed by atoms with Crippen LogP contribution in [0.3, 0.4) is 0 Å². The number of rotatable bonds is 0. The van der Waals surface area contributed by atoms with Crippen LogP contribution in [0.4, 0.5) is 0 Å². The van der Waals surface area contributed by atoms with Crippen molar-refractivity contribution in [2.75, 3.05) is 7.05 Å². The maximum atomic E-state index is 9.55. The second kappa shape index (κ2) is 6.78. The minimum absolute atomic E-state index is 0.314. The largest absolute Gasteiger partial charge is 0.512 e. The van der Waals surface area contributed by atoms with Crippen molar-refractivity contribution in [1.29, 1.82) is 0 Å². The van der Waals surface area contributed by atoms with Gasteiger partial charge in [-0.05, 0) is 61.8 Å². The molecule has 5 aliphatic rings. The van der Waals surface area contributed by atoms with Crippen molar-refractivity contribution in [3.05, 3.63) is 63.7 Å². The van der Waals surface area contributed by atoms with E-state index in [4.69, 9.17) is 5.73 Å². The number of likely N-dealkylation sites (N-methyl/N-ethyl adjacent to an activating group) is 1. The second-order valence-corrected chi connectivity index (χ2v) is 8.83. The monoisotopic (exact) mass is 391 g/mol. The number of aliphatic hydroxyl groups is 2. The molecule has 5 nitrogen and oxygen atoms in total. The Bertz CT molecular complexity index is 1090. The molecule has 4 aliphatic carbocycles. The van der Waals surface area contributed by atoms with E-state index in [2.05, 4.69) is 47.9 Å². The molecule has 1 saturated heterocycles. The average molecular weight is 392 g/mol.